The second-order valence-corrected chi connectivity index (χ2v) is 7.25. The number of piperazine rings is 1. The Bertz CT molecular complexity index is 803. The van der Waals surface area contributed by atoms with Crippen molar-refractivity contribution >= 4 is 21.8 Å². The number of aryl methyl sites for hydroxylation is 1. The van der Waals surface area contributed by atoms with Crippen molar-refractivity contribution in [3.8, 4) is 6.07 Å². The lowest BCUT2D eigenvalue weighted by molar-refractivity contribution is 0.0627. The van der Waals surface area contributed by atoms with Crippen molar-refractivity contribution in [3.63, 3.8) is 0 Å². The zero-order valence-corrected chi connectivity index (χ0v) is 15.8. The molecular weight excluding hydrogens is 378 g/mol. The van der Waals surface area contributed by atoms with E-state index in [0.29, 0.717) is 5.56 Å². The van der Waals surface area contributed by atoms with Crippen LogP contribution in [0.3, 0.4) is 0 Å². The van der Waals surface area contributed by atoms with Gasteiger partial charge in [-0.1, -0.05) is 28.1 Å². The van der Waals surface area contributed by atoms with Gasteiger partial charge in [0.2, 0.25) is 0 Å². The van der Waals surface area contributed by atoms with Crippen LogP contribution in [0.15, 0.2) is 46.9 Å². The summed E-state index contributed by atoms with van der Waals surface area (Å²) in [4.78, 5) is 17.0. The first-order chi connectivity index (χ1) is 12.1. The van der Waals surface area contributed by atoms with Gasteiger partial charge in [-0.3, -0.25) is 9.69 Å². The van der Waals surface area contributed by atoms with Gasteiger partial charge in [-0.2, -0.15) is 5.26 Å². The van der Waals surface area contributed by atoms with Crippen LogP contribution in [0.4, 0.5) is 0 Å². The van der Waals surface area contributed by atoms with E-state index in [2.05, 4.69) is 26.9 Å². The number of carbonyl (C=O) groups is 1. The molecule has 1 fully saturated rings. The van der Waals surface area contributed by atoms with Crippen LogP contribution in [-0.2, 0) is 6.54 Å². The lowest BCUT2D eigenvalue weighted by Crippen LogP contribution is -2.48. The normalized spacial score (nSPS) is 15.0. The van der Waals surface area contributed by atoms with Gasteiger partial charge < -0.3 is 4.90 Å². The Morgan fingerprint density at radius 2 is 1.80 bits per heavy atom. The fourth-order valence-corrected chi connectivity index (χ4v) is 3.56. The second-order valence-electron chi connectivity index (χ2n) is 6.34. The molecule has 1 heterocycles. The quantitative estimate of drug-likeness (QED) is 0.794. The third-order valence-electron chi connectivity index (χ3n) is 4.57. The van der Waals surface area contributed by atoms with Crippen LogP contribution >= 0.6 is 15.9 Å². The van der Waals surface area contributed by atoms with E-state index in [1.807, 2.05) is 54.3 Å². The largest absolute Gasteiger partial charge is 0.336 e. The summed E-state index contributed by atoms with van der Waals surface area (Å²) in [7, 11) is 0. The number of benzene rings is 2. The minimum atomic E-state index is 0.114. The predicted octanol–water partition coefficient (Wildman–Crippen LogP) is 3.59. The van der Waals surface area contributed by atoms with Gasteiger partial charge in [-0.05, 0) is 48.4 Å². The van der Waals surface area contributed by atoms with Gasteiger partial charge >= 0.3 is 0 Å². The summed E-state index contributed by atoms with van der Waals surface area (Å²) in [6.07, 6.45) is 0. The van der Waals surface area contributed by atoms with Crippen LogP contribution in [0.25, 0.3) is 0 Å². The molecular formula is C20H20BrN3O. The third kappa shape index (κ3) is 4.28. The van der Waals surface area contributed by atoms with Crippen molar-refractivity contribution in [1.82, 2.24) is 9.80 Å². The van der Waals surface area contributed by atoms with E-state index in [0.717, 1.165) is 48.3 Å². The highest BCUT2D eigenvalue weighted by Gasteiger charge is 2.23. The average molecular weight is 398 g/mol. The Morgan fingerprint density at radius 1 is 1.12 bits per heavy atom. The molecule has 1 saturated heterocycles. The first kappa shape index (κ1) is 17.7. The van der Waals surface area contributed by atoms with Crippen LogP contribution < -0.4 is 0 Å². The molecule has 25 heavy (non-hydrogen) atoms. The van der Waals surface area contributed by atoms with E-state index in [1.54, 1.807) is 0 Å². The predicted molar refractivity (Wildman–Crippen MR) is 101 cm³/mol. The van der Waals surface area contributed by atoms with Crippen LogP contribution in [0, 0.1) is 18.3 Å². The summed E-state index contributed by atoms with van der Waals surface area (Å²) in [5.41, 5.74) is 3.66. The van der Waals surface area contributed by atoms with E-state index in [1.165, 1.54) is 5.56 Å². The number of hydrogen-bond donors (Lipinski definition) is 0. The molecule has 0 saturated carbocycles. The van der Waals surface area contributed by atoms with Gasteiger partial charge in [-0.25, -0.2) is 0 Å². The molecule has 0 aliphatic carbocycles. The number of rotatable bonds is 3. The summed E-state index contributed by atoms with van der Waals surface area (Å²) in [5.74, 6) is 0.114. The minimum absolute atomic E-state index is 0.114. The first-order valence-electron chi connectivity index (χ1n) is 8.33. The summed E-state index contributed by atoms with van der Waals surface area (Å²) in [6.45, 7) is 6.03. The monoisotopic (exact) mass is 397 g/mol. The van der Waals surface area contributed by atoms with E-state index in [4.69, 9.17) is 5.26 Å². The maximum Gasteiger partial charge on any atom is 0.254 e. The molecule has 0 bridgehead atoms. The molecule has 1 aliphatic heterocycles. The molecule has 0 unspecified atom stereocenters. The van der Waals surface area contributed by atoms with Gasteiger partial charge in [-0.15, -0.1) is 0 Å². The Hall–Kier alpha value is -2.16. The summed E-state index contributed by atoms with van der Waals surface area (Å²) in [6, 6.07) is 15.6. The Balaban J connectivity index is 1.57. The number of amides is 1. The topological polar surface area (TPSA) is 47.3 Å². The Labute approximate surface area is 156 Å². The number of nitriles is 1. The van der Waals surface area contributed by atoms with Gasteiger partial charge in [0.1, 0.15) is 0 Å². The van der Waals surface area contributed by atoms with Crippen molar-refractivity contribution < 1.29 is 4.79 Å². The zero-order chi connectivity index (χ0) is 17.8. The highest BCUT2D eigenvalue weighted by molar-refractivity contribution is 9.10. The van der Waals surface area contributed by atoms with E-state index >= 15 is 0 Å². The fraction of sp³-hybridized carbons (Fsp3) is 0.300. The molecule has 3 rings (SSSR count). The standard InChI is InChI=1S/C20H20BrN3O/c1-15-12-18(21)6-7-19(15)20(25)24-10-8-23(9-11-24)14-17-4-2-16(13-22)3-5-17/h2-7,12H,8-11,14H2,1H3. The van der Waals surface area contributed by atoms with Crippen LogP contribution in [0.1, 0.15) is 27.0 Å². The van der Waals surface area contributed by atoms with Crippen molar-refractivity contribution in [2.75, 3.05) is 26.2 Å². The van der Waals surface area contributed by atoms with E-state index in [-0.39, 0.29) is 5.91 Å². The second kappa shape index (κ2) is 7.81. The molecule has 2 aromatic rings. The summed E-state index contributed by atoms with van der Waals surface area (Å²) in [5, 5.41) is 8.86. The van der Waals surface area contributed by atoms with Crippen molar-refractivity contribution in [3.05, 3.63) is 69.2 Å². The fourth-order valence-electron chi connectivity index (χ4n) is 3.09. The molecule has 2 aromatic carbocycles. The van der Waals surface area contributed by atoms with Gasteiger partial charge in [0, 0.05) is 42.8 Å². The molecule has 1 aliphatic rings. The average Bonchev–Trinajstić information content (AvgIpc) is 2.62. The van der Waals surface area contributed by atoms with Gasteiger partial charge in [0.05, 0.1) is 11.6 Å². The number of carbonyl (C=O) groups excluding carboxylic acids is 1. The van der Waals surface area contributed by atoms with Gasteiger partial charge in [0.25, 0.3) is 5.91 Å². The third-order valence-corrected chi connectivity index (χ3v) is 5.06. The van der Waals surface area contributed by atoms with Crippen molar-refractivity contribution in [1.29, 1.82) is 5.26 Å². The molecule has 0 atom stereocenters. The van der Waals surface area contributed by atoms with Crippen molar-refractivity contribution in [2.24, 2.45) is 0 Å². The molecule has 128 valence electrons. The van der Waals surface area contributed by atoms with Gasteiger partial charge in [0.15, 0.2) is 0 Å². The lowest BCUT2D eigenvalue weighted by Gasteiger charge is -2.35. The Kier molecular flexibility index (Phi) is 5.52. The molecule has 5 heteroatoms. The van der Waals surface area contributed by atoms with E-state index in [9.17, 15) is 4.79 Å². The van der Waals surface area contributed by atoms with Crippen LogP contribution in [-0.4, -0.2) is 41.9 Å². The Morgan fingerprint density at radius 3 is 2.40 bits per heavy atom. The smallest absolute Gasteiger partial charge is 0.254 e. The molecule has 0 spiro atoms. The summed E-state index contributed by atoms with van der Waals surface area (Å²) < 4.78 is 0.994. The molecule has 0 radical (unpaired) electrons. The molecule has 4 nitrogen and oxygen atoms in total. The number of nitrogens with zero attached hydrogens (tertiary/aromatic N) is 3. The molecule has 1 amide bonds. The summed E-state index contributed by atoms with van der Waals surface area (Å²) >= 11 is 3.44. The molecule has 0 N–H and O–H groups in total. The number of hydrogen-bond acceptors (Lipinski definition) is 3. The maximum absolute atomic E-state index is 12.7. The SMILES string of the molecule is Cc1cc(Br)ccc1C(=O)N1CCN(Cc2ccc(C#N)cc2)CC1. The highest BCUT2D eigenvalue weighted by atomic mass is 79.9. The number of halogens is 1. The van der Waals surface area contributed by atoms with Crippen molar-refractivity contribution in [2.45, 2.75) is 13.5 Å². The highest BCUT2D eigenvalue weighted by Crippen LogP contribution is 2.18. The van der Waals surface area contributed by atoms with E-state index < -0.39 is 0 Å². The van der Waals surface area contributed by atoms with Crippen LogP contribution in [0.5, 0.6) is 0 Å². The van der Waals surface area contributed by atoms with Crippen LogP contribution in [0.2, 0.25) is 0 Å². The minimum Gasteiger partial charge on any atom is -0.336 e. The lowest BCUT2D eigenvalue weighted by atomic mass is 10.1. The maximum atomic E-state index is 12.7. The molecule has 0 aromatic heterocycles. The zero-order valence-electron chi connectivity index (χ0n) is 14.2. The first-order valence-corrected chi connectivity index (χ1v) is 9.13.